The van der Waals surface area contributed by atoms with Crippen molar-refractivity contribution in [3.8, 4) is 0 Å². The Bertz CT molecular complexity index is 494. The second-order valence-corrected chi connectivity index (χ2v) is 5.56. The van der Waals surface area contributed by atoms with Crippen LogP contribution in [-0.2, 0) is 0 Å². The Balaban J connectivity index is 2.31. The fourth-order valence-corrected chi connectivity index (χ4v) is 2.66. The van der Waals surface area contributed by atoms with Gasteiger partial charge in [0.15, 0.2) is 5.82 Å². The van der Waals surface area contributed by atoms with E-state index in [-0.39, 0.29) is 12.1 Å². The molecule has 0 radical (unpaired) electrons. The van der Waals surface area contributed by atoms with Gasteiger partial charge in [-0.3, -0.25) is 0 Å². The molecule has 7 heteroatoms. The van der Waals surface area contributed by atoms with Crippen LogP contribution in [0.25, 0.3) is 0 Å². The van der Waals surface area contributed by atoms with Crippen molar-refractivity contribution >= 4 is 22.9 Å². The van der Waals surface area contributed by atoms with Crippen LogP contribution < -0.4 is 5.32 Å². The molecular formula is C10H14ClN5S. The SMILES string of the molecule is CNC(C)c1nnnn1C(C)c1ccc(Cl)s1. The normalized spacial score (nSPS) is 14.8. The number of rotatable bonds is 4. The van der Waals surface area contributed by atoms with Gasteiger partial charge in [-0.2, -0.15) is 0 Å². The zero-order chi connectivity index (χ0) is 12.4. The van der Waals surface area contributed by atoms with E-state index in [1.165, 1.54) is 0 Å². The van der Waals surface area contributed by atoms with Crippen molar-refractivity contribution in [2.75, 3.05) is 7.05 Å². The summed E-state index contributed by atoms with van der Waals surface area (Å²) in [4.78, 5) is 1.15. The number of thiophene rings is 1. The number of aromatic nitrogens is 4. The Kier molecular flexibility index (Phi) is 3.76. The monoisotopic (exact) mass is 271 g/mol. The van der Waals surface area contributed by atoms with Crippen LogP contribution >= 0.6 is 22.9 Å². The third-order valence-corrected chi connectivity index (χ3v) is 4.11. The van der Waals surface area contributed by atoms with Gasteiger partial charge >= 0.3 is 0 Å². The first-order valence-electron chi connectivity index (χ1n) is 5.33. The van der Waals surface area contributed by atoms with Gasteiger partial charge in [0.2, 0.25) is 0 Å². The molecule has 0 spiro atoms. The Morgan fingerprint density at radius 2 is 2.18 bits per heavy atom. The van der Waals surface area contributed by atoms with E-state index in [2.05, 4.69) is 27.8 Å². The minimum atomic E-state index is 0.0910. The van der Waals surface area contributed by atoms with Gasteiger partial charge in [-0.1, -0.05) is 11.6 Å². The summed E-state index contributed by atoms with van der Waals surface area (Å²) in [6.45, 7) is 4.08. The fourth-order valence-electron chi connectivity index (χ4n) is 1.56. The Labute approximate surface area is 109 Å². The predicted molar refractivity (Wildman–Crippen MR) is 68.4 cm³/mol. The number of tetrazole rings is 1. The van der Waals surface area contributed by atoms with Gasteiger partial charge in [0, 0.05) is 4.88 Å². The van der Waals surface area contributed by atoms with Crippen molar-refractivity contribution in [2.24, 2.45) is 0 Å². The third kappa shape index (κ3) is 2.48. The maximum absolute atomic E-state index is 5.94. The van der Waals surface area contributed by atoms with Crippen molar-refractivity contribution in [1.29, 1.82) is 0 Å². The molecule has 0 bridgehead atoms. The molecule has 0 saturated heterocycles. The molecule has 0 fully saturated rings. The summed E-state index contributed by atoms with van der Waals surface area (Å²) in [6.07, 6.45) is 0. The van der Waals surface area contributed by atoms with Crippen LogP contribution in [0.5, 0.6) is 0 Å². The van der Waals surface area contributed by atoms with Crippen LogP contribution in [0.3, 0.4) is 0 Å². The predicted octanol–water partition coefficient (Wildman–Crippen LogP) is 2.28. The molecule has 0 aliphatic heterocycles. The van der Waals surface area contributed by atoms with Gasteiger partial charge in [-0.15, -0.1) is 16.4 Å². The molecule has 2 aromatic rings. The van der Waals surface area contributed by atoms with E-state index in [0.717, 1.165) is 15.0 Å². The van der Waals surface area contributed by atoms with Gasteiger partial charge in [0.1, 0.15) is 0 Å². The van der Waals surface area contributed by atoms with Gasteiger partial charge in [0.25, 0.3) is 0 Å². The highest BCUT2D eigenvalue weighted by atomic mass is 35.5. The number of halogens is 1. The van der Waals surface area contributed by atoms with E-state index in [1.807, 2.05) is 30.8 Å². The molecule has 0 saturated carbocycles. The number of nitrogens with zero attached hydrogens (tertiary/aromatic N) is 4. The molecule has 2 aromatic heterocycles. The van der Waals surface area contributed by atoms with Gasteiger partial charge in [-0.25, -0.2) is 4.68 Å². The summed E-state index contributed by atoms with van der Waals surface area (Å²) in [7, 11) is 1.89. The van der Waals surface area contributed by atoms with Gasteiger partial charge in [0.05, 0.1) is 16.4 Å². The molecule has 2 rings (SSSR count). The maximum Gasteiger partial charge on any atom is 0.168 e. The zero-order valence-electron chi connectivity index (χ0n) is 9.88. The number of hydrogen-bond acceptors (Lipinski definition) is 5. The minimum Gasteiger partial charge on any atom is -0.311 e. The summed E-state index contributed by atoms with van der Waals surface area (Å²) < 4.78 is 2.60. The van der Waals surface area contributed by atoms with Crippen LogP contribution in [-0.4, -0.2) is 27.3 Å². The third-order valence-electron chi connectivity index (χ3n) is 2.71. The topological polar surface area (TPSA) is 55.6 Å². The van der Waals surface area contributed by atoms with Crippen LogP contribution in [0.15, 0.2) is 12.1 Å². The first-order valence-corrected chi connectivity index (χ1v) is 6.53. The van der Waals surface area contributed by atoms with Crippen molar-refractivity contribution in [2.45, 2.75) is 25.9 Å². The second kappa shape index (κ2) is 5.12. The first kappa shape index (κ1) is 12.5. The average molecular weight is 272 g/mol. The van der Waals surface area contributed by atoms with Crippen molar-refractivity contribution in [3.05, 3.63) is 27.2 Å². The lowest BCUT2D eigenvalue weighted by Gasteiger charge is -2.15. The van der Waals surface area contributed by atoms with E-state index in [9.17, 15) is 0 Å². The van der Waals surface area contributed by atoms with Gasteiger partial charge < -0.3 is 5.32 Å². The second-order valence-electron chi connectivity index (χ2n) is 3.81. The summed E-state index contributed by atoms with van der Waals surface area (Å²) in [6, 6.07) is 4.10. The molecule has 2 atom stereocenters. The minimum absolute atomic E-state index is 0.0910. The molecule has 0 aliphatic rings. The van der Waals surface area contributed by atoms with Crippen molar-refractivity contribution in [1.82, 2.24) is 25.5 Å². The molecule has 5 nitrogen and oxygen atoms in total. The highest BCUT2D eigenvalue weighted by Gasteiger charge is 2.19. The van der Waals surface area contributed by atoms with E-state index < -0.39 is 0 Å². The number of hydrogen-bond donors (Lipinski definition) is 1. The standard InChI is InChI=1S/C10H14ClN5S/c1-6(12-3)10-13-14-15-16(10)7(2)8-4-5-9(11)17-8/h4-7,12H,1-3H3. The highest BCUT2D eigenvalue weighted by molar-refractivity contribution is 7.16. The maximum atomic E-state index is 5.94. The Hall–Kier alpha value is -0.980. The molecule has 0 amide bonds. The summed E-state index contributed by atoms with van der Waals surface area (Å²) in [5, 5.41) is 15.0. The summed E-state index contributed by atoms with van der Waals surface area (Å²) in [5.74, 6) is 0.824. The van der Waals surface area contributed by atoms with Crippen LogP contribution in [0, 0.1) is 0 Å². The van der Waals surface area contributed by atoms with Crippen LogP contribution in [0.1, 0.15) is 36.6 Å². The summed E-state index contributed by atoms with van der Waals surface area (Å²) in [5.41, 5.74) is 0. The van der Waals surface area contributed by atoms with E-state index >= 15 is 0 Å². The Morgan fingerprint density at radius 1 is 1.41 bits per heavy atom. The van der Waals surface area contributed by atoms with Crippen molar-refractivity contribution in [3.63, 3.8) is 0 Å². The lowest BCUT2D eigenvalue weighted by atomic mass is 10.2. The fraction of sp³-hybridized carbons (Fsp3) is 0.500. The molecule has 2 unspecified atom stereocenters. The smallest absolute Gasteiger partial charge is 0.168 e. The highest BCUT2D eigenvalue weighted by Crippen LogP contribution is 2.29. The average Bonchev–Trinajstić information content (AvgIpc) is 2.95. The summed E-state index contributed by atoms with van der Waals surface area (Å²) >= 11 is 7.49. The molecule has 2 heterocycles. The van der Waals surface area contributed by atoms with E-state index in [1.54, 1.807) is 11.3 Å². The zero-order valence-corrected chi connectivity index (χ0v) is 11.5. The van der Waals surface area contributed by atoms with Crippen LogP contribution in [0.2, 0.25) is 4.34 Å². The van der Waals surface area contributed by atoms with Gasteiger partial charge in [-0.05, 0) is 43.5 Å². The van der Waals surface area contributed by atoms with Crippen LogP contribution in [0.4, 0.5) is 0 Å². The first-order chi connectivity index (χ1) is 8.13. The molecule has 17 heavy (non-hydrogen) atoms. The molecule has 0 aromatic carbocycles. The largest absolute Gasteiger partial charge is 0.311 e. The number of nitrogens with one attached hydrogen (secondary N) is 1. The molecular weight excluding hydrogens is 258 g/mol. The molecule has 1 N–H and O–H groups in total. The van der Waals surface area contributed by atoms with E-state index in [0.29, 0.717) is 0 Å². The quantitative estimate of drug-likeness (QED) is 0.927. The Morgan fingerprint density at radius 3 is 2.76 bits per heavy atom. The van der Waals surface area contributed by atoms with Crippen molar-refractivity contribution < 1.29 is 0 Å². The lowest BCUT2D eigenvalue weighted by molar-refractivity contribution is 0.486. The van der Waals surface area contributed by atoms with E-state index in [4.69, 9.17) is 11.6 Å². The lowest BCUT2D eigenvalue weighted by Crippen LogP contribution is -2.20. The molecule has 92 valence electrons. The molecule has 0 aliphatic carbocycles.